The first-order valence-electron chi connectivity index (χ1n) is 11.3. The predicted octanol–water partition coefficient (Wildman–Crippen LogP) is 5.59. The van der Waals surface area contributed by atoms with Gasteiger partial charge in [0.15, 0.2) is 5.60 Å². The first-order valence-corrected chi connectivity index (χ1v) is 12.1. The van der Waals surface area contributed by atoms with E-state index in [1.165, 1.54) is 29.2 Å². The first kappa shape index (κ1) is 25.8. The normalized spacial score (nSPS) is 23.9. The molecule has 0 aromatic heterocycles. The Morgan fingerprint density at radius 1 is 1.20 bits per heavy atom. The summed E-state index contributed by atoms with van der Waals surface area (Å²) in [5, 5.41) is 21.2. The largest absolute Gasteiger partial charge is 0.416 e. The fourth-order valence-electron chi connectivity index (χ4n) is 5.28. The second-order valence-electron chi connectivity index (χ2n) is 8.99. The minimum atomic E-state index is -4.93. The fraction of sp³-hybridized carbons (Fsp3) is 0.440. The molecule has 186 valence electrons. The Morgan fingerprint density at radius 2 is 1.86 bits per heavy atom. The van der Waals surface area contributed by atoms with E-state index in [1.807, 2.05) is 0 Å². The number of anilines is 1. The average molecular weight is 526 g/mol. The molecule has 1 amide bonds. The van der Waals surface area contributed by atoms with E-state index < -0.39 is 28.8 Å². The summed E-state index contributed by atoms with van der Waals surface area (Å²) in [5.41, 5.74) is -5.11. The summed E-state index contributed by atoms with van der Waals surface area (Å²) in [5.74, 6) is -0.885. The van der Waals surface area contributed by atoms with Crippen molar-refractivity contribution in [2.75, 3.05) is 24.5 Å². The van der Waals surface area contributed by atoms with Gasteiger partial charge in [0.1, 0.15) is 0 Å². The molecule has 0 spiro atoms. The van der Waals surface area contributed by atoms with Gasteiger partial charge in [-0.1, -0.05) is 43.1 Å². The zero-order chi connectivity index (χ0) is 25.7. The third kappa shape index (κ3) is 4.29. The lowest BCUT2D eigenvalue weighted by Crippen LogP contribution is -2.50. The molecule has 2 aromatic carbocycles. The monoisotopic (exact) mass is 525 g/mol. The molecule has 0 radical (unpaired) electrons. The smallest absolute Gasteiger partial charge is 0.372 e. The number of nitrogens with zero attached hydrogens (tertiary/aromatic N) is 3. The quantitative estimate of drug-likeness (QED) is 0.534. The Bertz CT molecular complexity index is 1200. The number of hydrogen-bond acceptors (Lipinski definition) is 4. The Balaban J connectivity index is 1.84. The van der Waals surface area contributed by atoms with Crippen LogP contribution in [0.25, 0.3) is 0 Å². The van der Waals surface area contributed by atoms with Crippen LogP contribution in [0.2, 0.25) is 10.0 Å². The highest BCUT2D eigenvalue weighted by molar-refractivity contribution is 6.35. The van der Waals surface area contributed by atoms with Gasteiger partial charge in [-0.05, 0) is 56.1 Å². The minimum Gasteiger partial charge on any atom is -0.372 e. The van der Waals surface area contributed by atoms with Crippen molar-refractivity contribution in [1.29, 1.82) is 5.26 Å². The van der Waals surface area contributed by atoms with Gasteiger partial charge in [0.2, 0.25) is 0 Å². The van der Waals surface area contributed by atoms with E-state index in [2.05, 4.69) is 18.7 Å². The molecule has 1 fully saturated rings. The van der Waals surface area contributed by atoms with Crippen molar-refractivity contribution in [1.82, 2.24) is 4.90 Å². The van der Waals surface area contributed by atoms with E-state index in [4.69, 9.17) is 23.2 Å². The average Bonchev–Trinajstić information content (AvgIpc) is 2.98. The molecule has 2 aromatic rings. The van der Waals surface area contributed by atoms with Crippen molar-refractivity contribution >= 4 is 34.8 Å². The molecule has 1 aliphatic heterocycles. The number of benzene rings is 2. The van der Waals surface area contributed by atoms with Crippen LogP contribution in [-0.2, 0) is 16.6 Å². The Kier molecular flexibility index (Phi) is 6.84. The number of aliphatic hydroxyl groups is 1. The molecule has 1 N–H and O–H groups in total. The van der Waals surface area contributed by atoms with Gasteiger partial charge in [0.25, 0.3) is 5.91 Å². The van der Waals surface area contributed by atoms with Gasteiger partial charge in [0.05, 0.1) is 22.9 Å². The van der Waals surface area contributed by atoms with Gasteiger partial charge in [-0.15, -0.1) is 0 Å². The van der Waals surface area contributed by atoms with Gasteiger partial charge in [-0.2, -0.15) is 18.4 Å². The van der Waals surface area contributed by atoms with Crippen molar-refractivity contribution in [2.45, 2.75) is 44.5 Å². The first-order chi connectivity index (χ1) is 16.4. The summed E-state index contributed by atoms with van der Waals surface area (Å²) in [4.78, 5) is 17.2. The third-order valence-corrected chi connectivity index (χ3v) is 7.61. The van der Waals surface area contributed by atoms with Crippen LogP contribution in [0, 0.1) is 17.2 Å². The second kappa shape index (κ2) is 9.29. The van der Waals surface area contributed by atoms with Crippen molar-refractivity contribution in [3.63, 3.8) is 0 Å². The van der Waals surface area contributed by atoms with Crippen LogP contribution in [0.3, 0.4) is 0 Å². The van der Waals surface area contributed by atoms with E-state index in [0.29, 0.717) is 12.1 Å². The Morgan fingerprint density at radius 3 is 2.40 bits per heavy atom. The highest BCUT2D eigenvalue weighted by atomic mass is 35.5. The number of carbonyl (C=O) groups is 1. The molecule has 5 nitrogen and oxygen atoms in total. The molecule has 4 rings (SSSR count). The van der Waals surface area contributed by atoms with E-state index in [1.54, 1.807) is 6.07 Å². The maximum Gasteiger partial charge on any atom is 0.416 e. The van der Waals surface area contributed by atoms with Gasteiger partial charge < -0.3 is 14.9 Å². The molecule has 1 aliphatic carbocycles. The lowest BCUT2D eigenvalue weighted by Gasteiger charge is -2.43. The summed E-state index contributed by atoms with van der Waals surface area (Å²) < 4.78 is 42.6. The van der Waals surface area contributed by atoms with E-state index in [9.17, 15) is 28.3 Å². The number of amides is 1. The maximum absolute atomic E-state index is 14.2. The maximum atomic E-state index is 14.2. The van der Waals surface area contributed by atoms with Gasteiger partial charge in [0, 0.05) is 33.8 Å². The summed E-state index contributed by atoms with van der Waals surface area (Å²) in [6.45, 7) is 6.02. The number of alkyl halides is 3. The van der Waals surface area contributed by atoms with Gasteiger partial charge >= 0.3 is 6.18 Å². The number of rotatable bonds is 6. The lowest BCUT2D eigenvalue weighted by molar-refractivity contribution is -0.142. The highest BCUT2D eigenvalue weighted by Crippen LogP contribution is 2.52. The summed E-state index contributed by atoms with van der Waals surface area (Å²) in [6, 6.07) is 7.84. The van der Waals surface area contributed by atoms with Crippen molar-refractivity contribution < 1.29 is 23.1 Å². The zero-order valence-corrected chi connectivity index (χ0v) is 20.7. The number of nitriles is 1. The number of carbonyl (C=O) groups excluding carboxylic acids is 1. The molecule has 0 saturated heterocycles. The standard InChI is InChI=1S/C25H24Cl2F3N3O2/c1-3-32(4-2)17-7-15(8-17)13-33-21-10-14(12-31)9-19(25(28,29)30)22(21)24(35,23(33)34)18-6-5-16(26)11-20(18)27/h5-6,9-11,15,17,35H,3-4,7-8,13H2,1-2H3. The van der Waals surface area contributed by atoms with Crippen LogP contribution >= 0.6 is 23.2 Å². The van der Waals surface area contributed by atoms with Crippen LogP contribution in [0.5, 0.6) is 0 Å². The highest BCUT2D eigenvalue weighted by Gasteiger charge is 2.57. The molecule has 1 saturated carbocycles. The second-order valence-corrected chi connectivity index (χ2v) is 9.83. The molecule has 2 aliphatic rings. The summed E-state index contributed by atoms with van der Waals surface area (Å²) in [7, 11) is 0. The van der Waals surface area contributed by atoms with Crippen molar-refractivity contribution in [2.24, 2.45) is 5.92 Å². The summed E-state index contributed by atoms with van der Waals surface area (Å²) >= 11 is 12.2. The molecule has 1 unspecified atom stereocenters. The van der Waals surface area contributed by atoms with E-state index in [0.717, 1.165) is 25.9 Å². The van der Waals surface area contributed by atoms with Crippen LogP contribution < -0.4 is 4.90 Å². The number of halogens is 5. The van der Waals surface area contributed by atoms with Crippen LogP contribution in [0.4, 0.5) is 18.9 Å². The number of fused-ring (bicyclic) bond motifs is 1. The summed E-state index contributed by atoms with van der Waals surface area (Å²) in [6.07, 6.45) is -3.36. The third-order valence-electron chi connectivity index (χ3n) is 7.06. The Labute approximate surface area is 211 Å². The van der Waals surface area contributed by atoms with Crippen molar-refractivity contribution in [3.05, 3.63) is 62.6 Å². The fourth-order valence-corrected chi connectivity index (χ4v) is 5.82. The molecule has 0 bridgehead atoms. The van der Waals surface area contributed by atoms with Crippen molar-refractivity contribution in [3.8, 4) is 6.07 Å². The van der Waals surface area contributed by atoms with Gasteiger partial charge in [-0.25, -0.2) is 0 Å². The molecule has 1 atom stereocenters. The molecule has 1 heterocycles. The number of hydrogen-bond donors (Lipinski definition) is 1. The Hall–Kier alpha value is -2.31. The minimum absolute atomic E-state index is 0.0421. The SMILES string of the molecule is CCN(CC)C1CC(CN2C(=O)C(O)(c3ccc(Cl)cc3Cl)c3c2cc(C#N)cc3C(F)(F)F)C1. The molecular weight excluding hydrogens is 502 g/mol. The van der Waals surface area contributed by atoms with E-state index in [-0.39, 0.29) is 39.3 Å². The molecular formula is C25H24Cl2F3N3O2. The zero-order valence-electron chi connectivity index (χ0n) is 19.2. The van der Waals surface area contributed by atoms with Gasteiger partial charge in [-0.3, -0.25) is 4.79 Å². The predicted molar refractivity (Wildman–Crippen MR) is 127 cm³/mol. The topological polar surface area (TPSA) is 67.6 Å². The molecule has 35 heavy (non-hydrogen) atoms. The van der Waals surface area contributed by atoms with E-state index >= 15 is 0 Å². The lowest BCUT2D eigenvalue weighted by atomic mass is 9.78. The van der Waals surface area contributed by atoms with Crippen LogP contribution in [0.15, 0.2) is 30.3 Å². The van der Waals surface area contributed by atoms with Crippen LogP contribution in [0.1, 0.15) is 48.9 Å². The van der Waals surface area contributed by atoms with Crippen LogP contribution in [-0.4, -0.2) is 41.6 Å². The molecule has 10 heteroatoms.